The number of hydrogen-bond donors (Lipinski definition) is 2. The van der Waals surface area contributed by atoms with Gasteiger partial charge in [-0.2, -0.15) is 0 Å². The molecule has 8 heteroatoms. The highest BCUT2D eigenvalue weighted by atomic mass is 16.5. The van der Waals surface area contributed by atoms with Crippen LogP contribution in [0.4, 0.5) is 5.69 Å². The number of nitrogens with one attached hydrogen (secondary N) is 1. The Balaban J connectivity index is 1.49. The van der Waals surface area contributed by atoms with Crippen LogP contribution in [0.25, 0.3) is 0 Å². The molecule has 2 N–H and O–H groups in total. The van der Waals surface area contributed by atoms with Crippen LogP contribution >= 0.6 is 0 Å². The lowest BCUT2D eigenvalue weighted by Crippen LogP contribution is -2.54. The van der Waals surface area contributed by atoms with Crippen molar-refractivity contribution in [3.63, 3.8) is 0 Å². The van der Waals surface area contributed by atoms with E-state index in [2.05, 4.69) is 5.32 Å². The first kappa shape index (κ1) is 25.7. The van der Waals surface area contributed by atoms with Crippen LogP contribution in [0.5, 0.6) is 5.75 Å². The van der Waals surface area contributed by atoms with E-state index in [9.17, 15) is 19.5 Å². The molecule has 2 aromatic carbocycles. The fourth-order valence-corrected chi connectivity index (χ4v) is 4.99. The Hall–Kier alpha value is -3.39. The van der Waals surface area contributed by atoms with Gasteiger partial charge in [0.2, 0.25) is 5.91 Å². The highest BCUT2D eigenvalue weighted by Gasteiger charge is 2.36. The lowest BCUT2D eigenvalue weighted by atomic mass is 9.85. The molecule has 1 heterocycles. The molecule has 2 aliphatic rings. The van der Waals surface area contributed by atoms with Gasteiger partial charge in [0.25, 0.3) is 0 Å². The second kappa shape index (κ2) is 12.5. The van der Waals surface area contributed by atoms with Crippen molar-refractivity contribution in [3.05, 3.63) is 60.2 Å². The summed E-state index contributed by atoms with van der Waals surface area (Å²) in [5.41, 5.74) is 1.29. The molecular weight excluding hydrogens is 460 g/mol. The number of aliphatic carboxylic acids is 1. The average Bonchev–Trinajstić information content (AvgIpc) is 3.02. The van der Waals surface area contributed by atoms with E-state index in [0.717, 1.165) is 24.8 Å². The number of para-hydroxylation sites is 2. The third-order valence-electron chi connectivity index (χ3n) is 6.92. The number of benzene rings is 2. The van der Waals surface area contributed by atoms with Gasteiger partial charge in [-0.25, -0.2) is 0 Å². The summed E-state index contributed by atoms with van der Waals surface area (Å²) >= 11 is 0. The summed E-state index contributed by atoms with van der Waals surface area (Å²) in [5, 5.41) is 12.6. The fraction of sp³-hybridized carbons (Fsp3) is 0.464. The van der Waals surface area contributed by atoms with Gasteiger partial charge in [-0.15, -0.1) is 0 Å². The number of nitrogens with zero attached hydrogens (tertiary/aromatic N) is 1. The number of carbonyl (C=O) groups excluding carboxylic acids is 2. The smallest absolute Gasteiger partial charge is 0.323 e. The molecule has 36 heavy (non-hydrogen) atoms. The molecular formula is C28H34N2O6. The van der Waals surface area contributed by atoms with Crippen molar-refractivity contribution in [3.8, 4) is 5.75 Å². The minimum Gasteiger partial charge on any atom is -0.489 e. The second-order valence-electron chi connectivity index (χ2n) is 9.54. The molecule has 8 nitrogen and oxygen atoms in total. The van der Waals surface area contributed by atoms with Crippen LogP contribution < -0.4 is 15.0 Å². The molecule has 1 fully saturated rings. The quantitative estimate of drug-likeness (QED) is 0.482. The van der Waals surface area contributed by atoms with Crippen LogP contribution in [0.2, 0.25) is 0 Å². The van der Waals surface area contributed by atoms with Crippen LogP contribution in [0.3, 0.4) is 0 Å². The zero-order chi connectivity index (χ0) is 25.3. The van der Waals surface area contributed by atoms with E-state index in [-0.39, 0.29) is 13.2 Å². The number of carboxylic acid groups (broad SMARTS) is 1. The molecule has 2 atom stereocenters. The number of carbonyl (C=O) groups is 3. The van der Waals surface area contributed by atoms with E-state index in [1.54, 1.807) is 24.3 Å². The highest BCUT2D eigenvalue weighted by Crippen LogP contribution is 2.31. The third-order valence-corrected chi connectivity index (χ3v) is 6.92. The Morgan fingerprint density at radius 2 is 1.78 bits per heavy atom. The Kier molecular flexibility index (Phi) is 8.95. The molecule has 1 saturated carbocycles. The SMILES string of the molecule is O=C(O)CN1C(=O)C(N[C@@H](CCC2CCCCC2)C(=O)OCc2ccccc2)COc2ccccc21. The number of hydrogen-bond acceptors (Lipinski definition) is 6. The summed E-state index contributed by atoms with van der Waals surface area (Å²) in [6.45, 7) is -0.368. The van der Waals surface area contributed by atoms with Gasteiger partial charge in [0.15, 0.2) is 0 Å². The zero-order valence-corrected chi connectivity index (χ0v) is 20.4. The maximum absolute atomic E-state index is 13.5. The Bertz CT molecular complexity index is 1040. The van der Waals surface area contributed by atoms with Gasteiger partial charge in [0.1, 0.15) is 37.6 Å². The Labute approximate surface area is 211 Å². The predicted molar refractivity (Wildman–Crippen MR) is 135 cm³/mol. The molecule has 0 aromatic heterocycles. The lowest BCUT2D eigenvalue weighted by molar-refractivity contribution is -0.148. The second-order valence-corrected chi connectivity index (χ2v) is 9.54. The van der Waals surface area contributed by atoms with Crippen LogP contribution in [-0.2, 0) is 25.7 Å². The van der Waals surface area contributed by atoms with E-state index in [0.29, 0.717) is 23.8 Å². The van der Waals surface area contributed by atoms with Gasteiger partial charge in [0.05, 0.1) is 5.69 Å². The van der Waals surface area contributed by atoms with E-state index in [1.807, 2.05) is 30.3 Å². The first-order valence-electron chi connectivity index (χ1n) is 12.7. The van der Waals surface area contributed by atoms with Gasteiger partial charge in [0, 0.05) is 0 Å². The van der Waals surface area contributed by atoms with Crippen LogP contribution in [-0.4, -0.2) is 48.2 Å². The highest BCUT2D eigenvalue weighted by molar-refractivity contribution is 6.02. The minimum absolute atomic E-state index is 0.0160. The lowest BCUT2D eigenvalue weighted by Gasteiger charge is -2.28. The summed E-state index contributed by atoms with van der Waals surface area (Å²) < 4.78 is 11.5. The number of carboxylic acids is 1. The molecule has 4 rings (SSSR count). The molecule has 1 aliphatic carbocycles. The van der Waals surface area contributed by atoms with Crippen LogP contribution in [0, 0.1) is 5.92 Å². The van der Waals surface area contributed by atoms with E-state index < -0.39 is 36.5 Å². The van der Waals surface area contributed by atoms with Crippen LogP contribution in [0.1, 0.15) is 50.5 Å². The number of fused-ring (bicyclic) bond motifs is 1. The van der Waals surface area contributed by atoms with Gasteiger partial charge in [-0.1, -0.05) is 74.6 Å². The Morgan fingerprint density at radius 1 is 1.06 bits per heavy atom. The molecule has 1 unspecified atom stereocenters. The van der Waals surface area contributed by atoms with Crippen molar-refractivity contribution in [2.24, 2.45) is 5.92 Å². The summed E-state index contributed by atoms with van der Waals surface area (Å²) in [6, 6.07) is 14.7. The average molecular weight is 495 g/mol. The molecule has 192 valence electrons. The first-order chi connectivity index (χ1) is 17.5. The number of ether oxygens (including phenoxy) is 2. The predicted octanol–water partition coefficient (Wildman–Crippen LogP) is 3.93. The zero-order valence-electron chi connectivity index (χ0n) is 20.4. The maximum Gasteiger partial charge on any atom is 0.323 e. The summed E-state index contributed by atoms with van der Waals surface area (Å²) in [6.07, 6.45) is 7.37. The normalized spacial score (nSPS) is 19.1. The molecule has 2 aromatic rings. The fourth-order valence-electron chi connectivity index (χ4n) is 4.99. The first-order valence-corrected chi connectivity index (χ1v) is 12.7. The van der Waals surface area contributed by atoms with Gasteiger partial charge in [-0.3, -0.25) is 24.6 Å². The van der Waals surface area contributed by atoms with Crippen molar-refractivity contribution >= 4 is 23.5 Å². The monoisotopic (exact) mass is 494 g/mol. The number of rotatable bonds is 10. The van der Waals surface area contributed by atoms with Crippen LogP contribution in [0.15, 0.2) is 54.6 Å². The van der Waals surface area contributed by atoms with Crippen molar-refractivity contribution in [2.45, 2.75) is 63.6 Å². The molecule has 0 radical (unpaired) electrons. The standard InChI is InChI=1S/C28H34N2O6/c31-26(32)17-30-24-13-7-8-14-25(24)35-19-23(27(30)33)29-22(16-15-20-9-3-1-4-10-20)28(34)36-18-21-11-5-2-6-12-21/h2,5-8,11-14,20,22-23,29H,1,3-4,9-10,15-19H2,(H,31,32)/t22-,23?/m0/s1. The summed E-state index contributed by atoms with van der Waals surface area (Å²) in [5.74, 6) is -1.01. The molecule has 0 spiro atoms. The van der Waals surface area contributed by atoms with E-state index >= 15 is 0 Å². The molecule has 0 saturated heterocycles. The van der Waals surface area contributed by atoms with E-state index in [1.165, 1.54) is 24.2 Å². The molecule has 1 aliphatic heterocycles. The summed E-state index contributed by atoms with van der Waals surface area (Å²) in [7, 11) is 0. The van der Waals surface area contributed by atoms with Gasteiger partial charge < -0.3 is 14.6 Å². The topological polar surface area (TPSA) is 105 Å². The Morgan fingerprint density at radius 3 is 2.53 bits per heavy atom. The van der Waals surface area contributed by atoms with Crippen molar-refractivity contribution < 1.29 is 29.0 Å². The van der Waals surface area contributed by atoms with E-state index in [4.69, 9.17) is 9.47 Å². The van der Waals surface area contributed by atoms with Crippen molar-refractivity contribution in [1.82, 2.24) is 5.32 Å². The maximum atomic E-state index is 13.5. The van der Waals surface area contributed by atoms with Gasteiger partial charge in [-0.05, 0) is 36.5 Å². The van der Waals surface area contributed by atoms with Crippen molar-refractivity contribution in [2.75, 3.05) is 18.1 Å². The molecule has 0 bridgehead atoms. The number of anilines is 1. The number of amides is 1. The van der Waals surface area contributed by atoms with Crippen molar-refractivity contribution in [1.29, 1.82) is 0 Å². The largest absolute Gasteiger partial charge is 0.489 e. The van der Waals surface area contributed by atoms with Gasteiger partial charge >= 0.3 is 11.9 Å². The summed E-state index contributed by atoms with van der Waals surface area (Å²) in [4.78, 5) is 39.4. The minimum atomic E-state index is -1.13. The third kappa shape index (κ3) is 6.85. The number of esters is 1. The molecule has 1 amide bonds.